The summed E-state index contributed by atoms with van der Waals surface area (Å²) in [6.07, 6.45) is 0. The molecule has 0 radical (unpaired) electrons. The molecule has 0 atom stereocenters. The van der Waals surface area contributed by atoms with Gasteiger partial charge in [0.1, 0.15) is 0 Å². The van der Waals surface area contributed by atoms with E-state index in [1.165, 1.54) is 0 Å². The first-order valence-electron chi connectivity index (χ1n) is 15.6. The van der Waals surface area contributed by atoms with Gasteiger partial charge in [0.25, 0.3) is 0 Å². The molecule has 0 bridgehead atoms. The number of hydrogen-bond donors (Lipinski definition) is 0. The maximum Gasteiger partial charge on any atom is 0.476 e. The summed E-state index contributed by atoms with van der Waals surface area (Å²) >= 11 is 0. The van der Waals surface area contributed by atoms with Crippen molar-refractivity contribution in [3.8, 4) is 12.1 Å². The second-order valence-corrected chi connectivity index (χ2v) is 17.0. The van der Waals surface area contributed by atoms with Gasteiger partial charge in [-0.3, -0.25) is 0 Å². The van der Waals surface area contributed by atoms with E-state index in [0.29, 0.717) is 11.1 Å². The summed E-state index contributed by atoms with van der Waals surface area (Å²) in [4.78, 5) is 0. The predicted octanol–water partition coefficient (Wildman–Crippen LogP) is 3.11. The molecular weight excluding hydrogens is 626 g/mol. The van der Waals surface area contributed by atoms with Crippen LogP contribution in [-0.4, -0.2) is 31.4 Å². The number of rotatable bonds is 6. The highest BCUT2D eigenvalue weighted by Crippen LogP contribution is 2.23. The first-order chi connectivity index (χ1) is 23.6. The van der Waals surface area contributed by atoms with Crippen LogP contribution in [0.15, 0.2) is 170 Å². The van der Waals surface area contributed by atoms with Crippen molar-refractivity contribution in [2.75, 3.05) is 0 Å². The first kappa shape index (κ1) is 31.3. The molecule has 6 aromatic rings. The molecule has 228 valence electrons. The molecule has 10 heteroatoms. The molecule has 6 aromatic carbocycles. The van der Waals surface area contributed by atoms with Gasteiger partial charge in [-0.25, -0.2) is 0 Å². The Morgan fingerprint density at radius 1 is 0.354 bits per heavy atom. The monoisotopic (exact) mass is 654 g/mol. The summed E-state index contributed by atoms with van der Waals surface area (Å²) in [6.45, 7) is 0. The van der Waals surface area contributed by atoms with Crippen LogP contribution in [0.2, 0.25) is 0 Å². The molecular formula is C38H28B2N2O4Si2. The van der Waals surface area contributed by atoms with Crippen LogP contribution in [0.25, 0.3) is 0 Å². The zero-order chi connectivity index (χ0) is 32.8. The lowest BCUT2D eigenvalue weighted by Gasteiger charge is -2.44. The van der Waals surface area contributed by atoms with Crippen molar-refractivity contribution in [1.29, 1.82) is 10.5 Å². The molecule has 1 aliphatic rings. The highest BCUT2D eigenvalue weighted by atomic mass is 28.4. The maximum atomic E-state index is 9.60. The summed E-state index contributed by atoms with van der Waals surface area (Å²) in [5.74, 6) is 0. The molecule has 0 aromatic heterocycles. The SMILES string of the molecule is N#Cc1ccc(B2O[Si](c3ccccc3)(c3ccccc3)OB(c3ccc(C#N)cc3)O[Si](c3ccccc3)(c3ccccc3)O2)cc1. The average molecular weight is 654 g/mol. The highest BCUT2D eigenvalue weighted by Gasteiger charge is 2.58. The van der Waals surface area contributed by atoms with Gasteiger partial charge < -0.3 is 17.4 Å². The van der Waals surface area contributed by atoms with Crippen molar-refractivity contribution in [3.63, 3.8) is 0 Å². The number of nitrogens with zero attached hydrogens (tertiary/aromatic N) is 2. The Labute approximate surface area is 283 Å². The fourth-order valence-corrected chi connectivity index (χ4v) is 12.4. The number of hydrogen-bond acceptors (Lipinski definition) is 6. The molecule has 7 rings (SSSR count). The van der Waals surface area contributed by atoms with Gasteiger partial charge in [-0.2, -0.15) is 10.5 Å². The van der Waals surface area contributed by atoms with Crippen LogP contribution in [0.5, 0.6) is 0 Å². The van der Waals surface area contributed by atoms with E-state index in [1.54, 1.807) is 24.3 Å². The Morgan fingerprint density at radius 2 is 0.604 bits per heavy atom. The van der Waals surface area contributed by atoms with Crippen LogP contribution in [0, 0.1) is 22.7 Å². The minimum absolute atomic E-state index is 0.530. The zero-order valence-corrected chi connectivity index (χ0v) is 27.8. The third-order valence-electron chi connectivity index (χ3n) is 8.33. The van der Waals surface area contributed by atoms with E-state index >= 15 is 0 Å². The molecule has 0 unspecified atom stereocenters. The van der Waals surface area contributed by atoms with Crippen molar-refractivity contribution < 1.29 is 17.4 Å². The fourth-order valence-electron chi connectivity index (χ4n) is 5.92. The molecule has 1 saturated heterocycles. The fraction of sp³-hybridized carbons (Fsp3) is 0. The van der Waals surface area contributed by atoms with E-state index in [4.69, 9.17) is 17.4 Å². The van der Waals surface area contributed by atoms with E-state index in [0.717, 1.165) is 31.7 Å². The van der Waals surface area contributed by atoms with Gasteiger partial charge in [0.05, 0.1) is 23.3 Å². The molecule has 0 spiro atoms. The molecule has 48 heavy (non-hydrogen) atoms. The van der Waals surface area contributed by atoms with Crippen LogP contribution in [0.4, 0.5) is 0 Å². The van der Waals surface area contributed by atoms with Crippen LogP contribution < -0.4 is 31.7 Å². The van der Waals surface area contributed by atoms with E-state index < -0.39 is 31.4 Å². The molecule has 0 N–H and O–H groups in total. The van der Waals surface area contributed by atoms with Crippen LogP contribution in [0.3, 0.4) is 0 Å². The van der Waals surface area contributed by atoms with E-state index in [1.807, 2.05) is 146 Å². The van der Waals surface area contributed by atoms with Crippen molar-refractivity contribution in [2.24, 2.45) is 0 Å². The normalized spacial score (nSPS) is 15.4. The lowest BCUT2D eigenvalue weighted by Crippen LogP contribution is -2.78. The van der Waals surface area contributed by atoms with Crippen LogP contribution in [-0.2, 0) is 17.4 Å². The molecule has 0 amide bonds. The minimum Gasteiger partial charge on any atom is -0.423 e. The molecule has 0 saturated carbocycles. The van der Waals surface area contributed by atoms with Crippen LogP contribution >= 0.6 is 0 Å². The first-order valence-corrected chi connectivity index (χ1v) is 19.2. The Bertz CT molecular complexity index is 1820. The van der Waals surface area contributed by atoms with Crippen LogP contribution in [0.1, 0.15) is 11.1 Å². The van der Waals surface area contributed by atoms with Gasteiger partial charge in [0.2, 0.25) is 0 Å². The second kappa shape index (κ2) is 13.8. The van der Waals surface area contributed by atoms with Gasteiger partial charge in [-0.1, -0.05) is 146 Å². The Balaban J connectivity index is 1.52. The van der Waals surface area contributed by atoms with Gasteiger partial charge in [0.15, 0.2) is 0 Å². The predicted molar refractivity (Wildman–Crippen MR) is 193 cm³/mol. The van der Waals surface area contributed by atoms with Gasteiger partial charge in [-0.15, -0.1) is 0 Å². The summed E-state index contributed by atoms with van der Waals surface area (Å²) in [5, 5.41) is 22.7. The third kappa shape index (κ3) is 6.08. The van der Waals surface area contributed by atoms with Crippen molar-refractivity contribution in [1.82, 2.24) is 0 Å². The quantitative estimate of drug-likeness (QED) is 0.257. The smallest absolute Gasteiger partial charge is 0.423 e. The van der Waals surface area contributed by atoms with Gasteiger partial charge >= 0.3 is 31.4 Å². The Morgan fingerprint density at radius 3 is 0.833 bits per heavy atom. The number of nitriles is 2. The molecule has 1 fully saturated rings. The second-order valence-electron chi connectivity index (χ2n) is 11.3. The van der Waals surface area contributed by atoms with Crippen molar-refractivity contribution in [3.05, 3.63) is 181 Å². The van der Waals surface area contributed by atoms with Gasteiger partial charge in [-0.05, 0) is 55.9 Å². The summed E-state index contributed by atoms with van der Waals surface area (Å²) in [6, 6.07) is 58.8. The van der Waals surface area contributed by atoms with Crippen molar-refractivity contribution in [2.45, 2.75) is 0 Å². The summed E-state index contributed by atoms with van der Waals surface area (Å²) in [7, 11) is -9.24. The zero-order valence-electron chi connectivity index (χ0n) is 25.8. The Hall–Kier alpha value is -5.30. The average Bonchev–Trinajstić information content (AvgIpc) is 3.17. The van der Waals surface area contributed by atoms with Crippen molar-refractivity contribution >= 4 is 63.0 Å². The third-order valence-corrected chi connectivity index (χ3v) is 14.9. The summed E-state index contributed by atoms with van der Waals surface area (Å²) < 4.78 is 29.7. The number of benzene rings is 6. The maximum absolute atomic E-state index is 9.60. The molecule has 1 aliphatic heterocycles. The van der Waals surface area contributed by atoms with E-state index in [2.05, 4.69) is 12.1 Å². The largest absolute Gasteiger partial charge is 0.476 e. The molecule has 0 aliphatic carbocycles. The molecule has 6 nitrogen and oxygen atoms in total. The lowest BCUT2D eigenvalue weighted by molar-refractivity contribution is 0.288. The van der Waals surface area contributed by atoms with Gasteiger partial charge in [0, 0.05) is 0 Å². The topological polar surface area (TPSA) is 84.5 Å². The highest BCUT2D eigenvalue weighted by molar-refractivity contribution is 7.06. The minimum atomic E-state index is -3.68. The van der Waals surface area contributed by atoms with E-state index in [9.17, 15) is 10.5 Å². The standard InChI is InChI=1S/C38H28B2N2O4Si2/c41-29-31-21-25-33(26-22-31)39-43-47(35-13-5-1-6-14-35,36-15-7-2-8-16-36)44-40(34-27-23-32(30-42)24-28-34)46-48(45-39,37-17-9-3-10-18-37)38-19-11-4-12-20-38/h1-28H. The molecule has 1 heterocycles. The Kier molecular flexibility index (Phi) is 9.02. The van der Waals surface area contributed by atoms with E-state index in [-0.39, 0.29) is 0 Å². The summed E-state index contributed by atoms with van der Waals surface area (Å²) in [5.41, 5.74) is 2.51. The lowest BCUT2D eigenvalue weighted by atomic mass is 9.80.